The van der Waals surface area contributed by atoms with Gasteiger partial charge in [-0.1, -0.05) is 11.6 Å². The summed E-state index contributed by atoms with van der Waals surface area (Å²) in [5.41, 5.74) is 1.12. The van der Waals surface area contributed by atoms with E-state index >= 15 is 0 Å². The molecule has 2 aliphatic rings. The molecule has 3 heterocycles. The Bertz CT molecular complexity index is 835. The van der Waals surface area contributed by atoms with Gasteiger partial charge in [-0.25, -0.2) is 0 Å². The van der Waals surface area contributed by atoms with Gasteiger partial charge in [-0.15, -0.1) is 11.3 Å². The van der Waals surface area contributed by atoms with Crippen molar-refractivity contribution < 1.29 is 9.47 Å². The lowest BCUT2D eigenvalue weighted by molar-refractivity contribution is 0.171. The fourth-order valence-corrected chi connectivity index (χ4v) is 4.79. The summed E-state index contributed by atoms with van der Waals surface area (Å²) in [5, 5.41) is 11.1. The second-order valence-corrected chi connectivity index (χ2v) is 8.54. The number of hydrogen-bond acceptors (Lipinski definition) is 5. The van der Waals surface area contributed by atoms with Crippen molar-refractivity contribution in [3.63, 3.8) is 0 Å². The van der Waals surface area contributed by atoms with Crippen molar-refractivity contribution in [1.29, 1.82) is 0 Å². The highest BCUT2D eigenvalue weighted by atomic mass is 35.5. The number of hydrogen-bond donors (Lipinski definition) is 2. The van der Waals surface area contributed by atoms with Gasteiger partial charge in [0.1, 0.15) is 13.2 Å². The van der Waals surface area contributed by atoms with Crippen LogP contribution in [0, 0.1) is 0 Å². The number of rotatable bonds is 5. The van der Waals surface area contributed by atoms with Gasteiger partial charge in [-0.3, -0.25) is 4.99 Å². The normalized spacial score (nSPS) is 17.3. The van der Waals surface area contributed by atoms with Crippen molar-refractivity contribution >= 4 is 33.9 Å². The minimum Gasteiger partial charge on any atom is -0.486 e. The average Bonchev–Trinajstić information content (AvgIpc) is 3.28. The van der Waals surface area contributed by atoms with E-state index in [1.54, 1.807) is 0 Å². The molecule has 2 aliphatic heterocycles. The Balaban J connectivity index is 1.24. The first-order valence-corrected chi connectivity index (χ1v) is 11.3. The molecule has 2 N–H and O–H groups in total. The lowest BCUT2D eigenvalue weighted by Gasteiger charge is -2.33. The highest BCUT2D eigenvalue weighted by Gasteiger charge is 2.21. The van der Waals surface area contributed by atoms with E-state index in [0.717, 1.165) is 56.2 Å². The minimum atomic E-state index is 0.446. The van der Waals surface area contributed by atoms with E-state index in [1.807, 2.05) is 30.5 Å². The third-order valence-electron chi connectivity index (χ3n) is 5.24. The maximum atomic E-state index is 6.33. The molecular formula is C21H27ClN4O2S. The molecule has 1 aromatic heterocycles. The van der Waals surface area contributed by atoms with Crippen LogP contribution in [-0.2, 0) is 6.42 Å². The van der Waals surface area contributed by atoms with Crippen LogP contribution >= 0.6 is 22.9 Å². The van der Waals surface area contributed by atoms with Crippen LogP contribution < -0.4 is 25.0 Å². The standard InChI is InChI=1S/C21H27ClN4O2S/c1-23-21(25-16-5-8-26(9-6-16)19-3-2-12-29-19)24-7-4-15-13-17(22)20-18(14-15)27-10-11-28-20/h2-3,12-14,16H,4-11H2,1H3,(H2,23,24,25). The molecule has 0 saturated carbocycles. The first-order chi connectivity index (χ1) is 14.2. The number of aliphatic imine (C=N–C) groups is 1. The molecule has 0 atom stereocenters. The molecule has 0 radical (unpaired) electrons. The van der Waals surface area contributed by atoms with Crippen LogP contribution in [0.3, 0.4) is 0 Å². The van der Waals surface area contributed by atoms with Gasteiger partial charge in [0.25, 0.3) is 0 Å². The highest BCUT2D eigenvalue weighted by Crippen LogP contribution is 2.38. The molecule has 8 heteroatoms. The number of guanidine groups is 1. The van der Waals surface area contributed by atoms with Gasteiger partial charge in [0.2, 0.25) is 0 Å². The van der Waals surface area contributed by atoms with Crippen LogP contribution in [0.4, 0.5) is 5.00 Å². The van der Waals surface area contributed by atoms with Crippen LogP contribution in [0.15, 0.2) is 34.6 Å². The number of piperidine rings is 1. The molecule has 1 fully saturated rings. The summed E-state index contributed by atoms with van der Waals surface area (Å²) >= 11 is 8.14. The van der Waals surface area contributed by atoms with E-state index < -0.39 is 0 Å². The van der Waals surface area contributed by atoms with Crippen LogP contribution in [0.2, 0.25) is 5.02 Å². The molecule has 6 nitrogen and oxygen atoms in total. The Morgan fingerprint density at radius 2 is 2.10 bits per heavy atom. The van der Waals surface area contributed by atoms with Crippen LogP contribution in [-0.4, -0.2) is 51.9 Å². The Morgan fingerprint density at radius 3 is 2.86 bits per heavy atom. The van der Waals surface area contributed by atoms with E-state index in [4.69, 9.17) is 21.1 Å². The number of thiophene rings is 1. The number of anilines is 1. The molecule has 0 amide bonds. The maximum absolute atomic E-state index is 6.33. The van der Waals surface area contributed by atoms with Crippen molar-refractivity contribution in [2.45, 2.75) is 25.3 Å². The van der Waals surface area contributed by atoms with Crippen LogP contribution in [0.5, 0.6) is 11.5 Å². The third kappa shape index (κ3) is 5.08. The van der Waals surface area contributed by atoms with E-state index in [-0.39, 0.29) is 0 Å². The molecule has 2 aromatic rings. The zero-order valence-electron chi connectivity index (χ0n) is 16.6. The largest absolute Gasteiger partial charge is 0.486 e. The highest BCUT2D eigenvalue weighted by molar-refractivity contribution is 7.14. The minimum absolute atomic E-state index is 0.446. The predicted octanol–water partition coefficient (Wildman–Crippen LogP) is 3.55. The first kappa shape index (κ1) is 20.2. The molecule has 1 aromatic carbocycles. The van der Waals surface area contributed by atoms with Crippen molar-refractivity contribution in [3.8, 4) is 11.5 Å². The van der Waals surface area contributed by atoms with Gasteiger partial charge in [-0.2, -0.15) is 0 Å². The average molecular weight is 435 g/mol. The summed E-state index contributed by atoms with van der Waals surface area (Å²) in [6.45, 7) is 4.02. The van der Waals surface area contributed by atoms with Gasteiger partial charge < -0.3 is 25.0 Å². The monoisotopic (exact) mass is 434 g/mol. The molecule has 1 saturated heterocycles. The lowest BCUT2D eigenvalue weighted by Crippen LogP contribution is -2.49. The second kappa shape index (κ2) is 9.59. The maximum Gasteiger partial charge on any atom is 0.191 e. The first-order valence-electron chi connectivity index (χ1n) is 10.1. The number of fused-ring (bicyclic) bond motifs is 1. The Labute approximate surface area is 180 Å². The summed E-state index contributed by atoms with van der Waals surface area (Å²) < 4.78 is 11.2. The van der Waals surface area contributed by atoms with E-state index in [1.165, 1.54) is 5.00 Å². The number of nitrogens with zero attached hydrogens (tertiary/aromatic N) is 2. The van der Waals surface area contributed by atoms with Crippen molar-refractivity contribution in [2.75, 3.05) is 44.8 Å². The topological polar surface area (TPSA) is 58.1 Å². The molecule has 156 valence electrons. The zero-order chi connectivity index (χ0) is 20.1. The molecule has 0 unspecified atom stereocenters. The van der Waals surface area contributed by atoms with E-state index in [9.17, 15) is 0 Å². The summed E-state index contributed by atoms with van der Waals surface area (Å²) in [6, 6.07) is 8.72. The van der Waals surface area contributed by atoms with E-state index in [2.05, 4.69) is 38.0 Å². The number of nitrogens with one attached hydrogen (secondary N) is 2. The second-order valence-electron chi connectivity index (χ2n) is 7.21. The Kier molecular flexibility index (Phi) is 6.67. The fraction of sp³-hybridized carbons (Fsp3) is 0.476. The molecule has 29 heavy (non-hydrogen) atoms. The summed E-state index contributed by atoms with van der Waals surface area (Å²) in [4.78, 5) is 6.85. The molecule has 0 spiro atoms. The SMILES string of the molecule is CN=C(NCCc1cc(Cl)c2c(c1)OCCO2)NC1CCN(c2cccs2)CC1. The number of ether oxygens (including phenoxy) is 2. The van der Waals surface area contributed by atoms with Gasteiger partial charge in [0, 0.05) is 32.7 Å². The smallest absolute Gasteiger partial charge is 0.191 e. The predicted molar refractivity (Wildman–Crippen MR) is 120 cm³/mol. The van der Waals surface area contributed by atoms with Gasteiger partial charge in [0.15, 0.2) is 17.5 Å². The van der Waals surface area contributed by atoms with Crippen LogP contribution in [0.25, 0.3) is 0 Å². The van der Waals surface area contributed by atoms with Crippen LogP contribution in [0.1, 0.15) is 18.4 Å². The molecule has 0 bridgehead atoms. The Morgan fingerprint density at radius 1 is 1.28 bits per heavy atom. The Hall–Kier alpha value is -2.12. The summed E-state index contributed by atoms with van der Waals surface area (Å²) in [7, 11) is 1.82. The van der Waals surface area contributed by atoms with E-state index in [0.29, 0.717) is 30.0 Å². The van der Waals surface area contributed by atoms with Gasteiger partial charge >= 0.3 is 0 Å². The zero-order valence-corrected chi connectivity index (χ0v) is 18.2. The third-order valence-corrected chi connectivity index (χ3v) is 6.45. The molecule has 4 rings (SSSR count). The molecular weight excluding hydrogens is 408 g/mol. The van der Waals surface area contributed by atoms with Gasteiger partial charge in [0.05, 0.1) is 10.0 Å². The van der Waals surface area contributed by atoms with Crippen molar-refractivity contribution in [1.82, 2.24) is 10.6 Å². The van der Waals surface area contributed by atoms with Gasteiger partial charge in [-0.05, 0) is 54.5 Å². The fourth-order valence-electron chi connectivity index (χ4n) is 3.72. The van der Waals surface area contributed by atoms with Crippen molar-refractivity contribution in [2.24, 2.45) is 4.99 Å². The summed E-state index contributed by atoms with van der Waals surface area (Å²) in [5.74, 6) is 2.24. The van der Waals surface area contributed by atoms with Crippen molar-refractivity contribution in [3.05, 3.63) is 40.2 Å². The molecule has 0 aliphatic carbocycles. The summed E-state index contributed by atoms with van der Waals surface area (Å²) in [6.07, 6.45) is 3.04. The quantitative estimate of drug-likeness (QED) is 0.556. The number of halogens is 1. The lowest BCUT2D eigenvalue weighted by atomic mass is 10.1. The number of benzene rings is 1.